The van der Waals surface area contributed by atoms with E-state index in [0.29, 0.717) is 24.3 Å². The molecule has 2 aromatic carbocycles. The first-order valence-electron chi connectivity index (χ1n) is 19.6. The topological polar surface area (TPSA) is 115 Å². The van der Waals surface area contributed by atoms with Gasteiger partial charge in [-0.1, -0.05) is 24.3 Å². The number of hydrogen-bond acceptors (Lipinski definition) is 11. The Labute approximate surface area is 352 Å². The molecule has 0 saturated carbocycles. The number of halogens is 7. The minimum absolute atomic E-state index is 0.0503. The molecule has 0 unspecified atom stereocenters. The van der Waals surface area contributed by atoms with Crippen molar-refractivity contribution in [3.8, 4) is 28.8 Å². The van der Waals surface area contributed by atoms with E-state index >= 15 is 17.6 Å². The monoisotopic (exact) mass is 871 g/mol. The lowest BCUT2D eigenvalue weighted by Gasteiger charge is -2.42. The van der Waals surface area contributed by atoms with E-state index < -0.39 is 82.6 Å². The molecule has 7 rings (SSSR count). The van der Waals surface area contributed by atoms with Crippen LogP contribution in [-0.4, -0.2) is 88.7 Å². The molecule has 0 radical (unpaired) electrons. The van der Waals surface area contributed by atoms with Crippen LogP contribution in [0.2, 0.25) is 0 Å². The quantitative estimate of drug-likeness (QED) is 0.118. The van der Waals surface area contributed by atoms with Gasteiger partial charge in [0.2, 0.25) is 0 Å². The van der Waals surface area contributed by atoms with Gasteiger partial charge in [0.1, 0.15) is 39.9 Å². The molecule has 19 heteroatoms. The van der Waals surface area contributed by atoms with Gasteiger partial charge in [-0.3, -0.25) is 9.88 Å². The van der Waals surface area contributed by atoms with Crippen molar-refractivity contribution in [2.24, 2.45) is 0 Å². The molecular weight excluding hydrogens is 828 g/mol. The Morgan fingerprint density at radius 2 is 1.40 bits per heavy atom. The van der Waals surface area contributed by atoms with Crippen LogP contribution in [0.15, 0.2) is 60.8 Å². The highest BCUT2D eigenvalue weighted by atomic mass is 19.4. The molecule has 2 aliphatic heterocycles. The Bertz CT molecular complexity index is 2360. The average molecular weight is 872 g/mol. The van der Waals surface area contributed by atoms with Crippen molar-refractivity contribution in [1.82, 2.24) is 24.8 Å². The number of rotatable bonds is 11. The van der Waals surface area contributed by atoms with Gasteiger partial charge in [0.25, 0.3) is 0 Å². The number of carbonyl (C=O) groups excluding carboxylic acids is 1. The Morgan fingerprint density at radius 3 is 1.90 bits per heavy atom. The van der Waals surface area contributed by atoms with E-state index in [2.05, 4.69) is 19.9 Å². The summed E-state index contributed by atoms with van der Waals surface area (Å²) < 4.78 is 124. The molecule has 2 bridgehead atoms. The van der Waals surface area contributed by atoms with Crippen LogP contribution in [0.5, 0.6) is 17.5 Å². The number of benzene rings is 2. The summed E-state index contributed by atoms with van der Waals surface area (Å²) in [5.41, 5.74) is -3.06. The summed E-state index contributed by atoms with van der Waals surface area (Å²) in [4.78, 5) is 35.0. The molecule has 1 amide bonds. The number of aromatic nitrogens is 4. The molecular formula is C43H44F7N7O5. The third kappa shape index (κ3) is 9.65. The number of amides is 1. The van der Waals surface area contributed by atoms with E-state index in [9.17, 15) is 18.0 Å². The fraction of sp³-hybridized carbons (Fsp3) is 0.419. The highest BCUT2D eigenvalue weighted by molar-refractivity contribution is 5.92. The second-order valence-corrected chi connectivity index (χ2v) is 16.1. The lowest BCUT2D eigenvalue weighted by Crippen LogP contribution is -2.57. The van der Waals surface area contributed by atoms with E-state index in [1.807, 2.05) is 0 Å². The standard InChI is InChI=1S/C43H44F7N7O5/c1-24-34(43(48,49)50)31(17-33(52-24)55(19-25-7-13-29(59-5)14-8-25)20-26-9-15-30(60-6)16-10-26)36-35(44)37-32(18-51-36)38(54-39(53-37)61-23-42(45,46)47)56-21-27-11-12-28(22-56)57(27)40(58)62-41(2,3)4/h7-10,13-18,27-28H,11-12,19-23H2,1-6H3/t27-,28+. The van der Waals surface area contributed by atoms with Crippen LogP contribution in [0.25, 0.3) is 22.2 Å². The van der Waals surface area contributed by atoms with Crippen LogP contribution < -0.4 is 24.0 Å². The largest absolute Gasteiger partial charge is 0.497 e. The van der Waals surface area contributed by atoms with Crippen LogP contribution in [0.1, 0.15) is 56.0 Å². The second kappa shape index (κ2) is 17.0. The molecule has 2 fully saturated rings. The summed E-state index contributed by atoms with van der Waals surface area (Å²) in [5, 5.41) is -0.0871. The first kappa shape index (κ1) is 43.9. The molecule has 2 atom stereocenters. The predicted octanol–water partition coefficient (Wildman–Crippen LogP) is 9.31. The maximum absolute atomic E-state index is 17.2. The second-order valence-electron chi connectivity index (χ2n) is 16.1. The Kier molecular flexibility index (Phi) is 12.0. The molecule has 12 nitrogen and oxygen atoms in total. The fourth-order valence-electron chi connectivity index (χ4n) is 7.83. The zero-order valence-electron chi connectivity index (χ0n) is 34.7. The van der Waals surface area contributed by atoms with Gasteiger partial charge >= 0.3 is 24.5 Å². The summed E-state index contributed by atoms with van der Waals surface area (Å²) >= 11 is 0. The van der Waals surface area contributed by atoms with Gasteiger partial charge in [-0.2, -0.15) is 36.3 Å². The number of anilines is 2. The average Bonchev–Trinajstić information content (AvgIpc) is 3.47. The lowest BCUT2D eigenvalue weighted by atomic mass is 10.0. The molecule has 5 aromatic rings. The van der Waals surface area contributed by atoms with Crippen LogP contribution in [0.4, 0.5) is 47.2 Å². The molecule has 2 saturated heterocycles. The summed E-state index contributed by atoms with van der Waals surface area (Å²) in [6.45, 7) is 5.12. The Morgan fingerprint density at radius 1 is 0.839 bits per heavy atom. The highest BCUT2D eigenvalue weighted by Crippen LogP contribution is 2.43. The number of piperazine rings is 1. The van der Waals surface area contributed by atoms with Crippen molar-refractivity contribution in [2.75, 3.05) is 43.7 Å². The van der Waals surface area contributed by atoms with Crippen LogP contribution in [0, 0.1) is 12.7 Å². The van der Waals surface area contributed by atoms with Crippen LogP contribution >= 0.6 is 0 Å². The summed E-state index contributed by atoms with van der Waals surface area (Å²) in [7, 11) is 3.03. The van der Waals surface area contributed by atoms with Crippen LogP contribution in [-0.2, 0) is 24.0 Å². The van der Waals surface area contributed by atoms with Gasteiger partial charge in [-0.05, 0) is 82.0 Å². The lowest BCUT2D eigenvalue weighted by molar-refractivity contribution is -0.154. The Hall–Kier alpha value is -6.14. The third-order valence-corrected chi connectivity index (χ3v) is 10.5. The van der Waals surface area contributed by atoms with Gasteiger partial charge in [-0.25, -0.2) is 14.2 Å². The first-order chi connectivity index (χ1) is 29.2. The van der Waals surface area contributed by atoms with E-state index in [-0.39, 0.29) is 43.2 Å². The number of pyridine rings is 2. The van der Waals surface area contributed by atoms with Crippen molar-refractivity contribution < 1.29 is 54.5 Å². The number of carbonyl (C=O) groups is 1. The number of alkyl halides is 6. The van der Waals surface area contributed by atoms with Gasteiger partial charge in [0.05, 0.1) is 42.9 Å². The summed E-state index contributed by atoms with van der Waals surface area (Å²) in [5.74, 6) is -0.174. The SMILES string of the molecule is COc1ccc(CN(Cc2ccc(OC)cc2)c2cc(-c3ncc4c(N5C[C@H]6CC[C@@H](C5)N6C(=O)OC(C)(C)C)nc(OCC(F)(F)F)nc4c3F)c(C(F)(F)F)c(C)n2)cc1. The number of nitrogens with zero attached hydrogens (tertiary/aromatic N) is 7. The van der Waals surface area contributed by atoms with E-state index in [0.717, 1.165) is 30.3 Å². The van der Waals surface area contributed by atoms with Gasteiger partial charge in [0.15, 0.2) is 12.4 Å². The molecule has 3 aromatic heterocycles. The van der Waals surface area contributed by atoms with Crippen molar-refractivity contribution in [1.29, 1.82) is 0 Å². The molecule has 5 heterocycles. The number of aryl methyl sites for hydroxylation is 1. The zero-order valence-corrected chi connectivity index (χ0v) is 34.7. The van der Waals surface area contributed by atoms with Crippen LogP contribution in [0.3, 0.4) is 0 Å². The molecule has 330 valence electrons. The highest BCUT2D eigenvalue weighted by Gasteiger charge is 2.45. The smallest absolute Gasteiger partial charge is 0.422 e. The predicted molar refractivity (Wildman–Crippen MR) is 215 cm³/mol. The van der Waals surface area contributed by atoms with Crippen molar-refractivity contribution >= 4 is 28.6 Å². The number of ether oxygens (including phenoxy) is 4. The third-order valence-electron chi connectivity index (χ3n) is 10.5. The Balaban J connectivity index is 1.34. The van der Waals surface area contributed by atoms with E-state index in [1.54, 1.807) is 84.0 Å². The molecule has 62 heavy (non-hydrogen) atoms. The summed E-state index contributed by atoms with van der Waals surface area (Å²) in [6, 6.07) is 13.6. The fourth-order valence-corrected chi connectivity index (χ4v) is 7.83. The maximum Gasteiger partial charge on any atom is 0.422 e. The number of fused-ring (bicyclic) bond motifs is 3. The van der Waals surface area contributed by atoms with E-state index in [1.165, 1.54) is 14.2 Å². The number of hydrogen-bond donors (Lipinski definition) is 0. The minimum atomic E-state index is -5.05. The van der Waals surface area contributed by atoms with Crippen molar-refractivity contribution in [3.05, 3.63) is 89.0 Å². The normalized spacial score (nSPS) is 16.7. The minimum Gasteiger partial charge on any atom is -0.497 e. The molecule has 0 aliphatic carbocycles. The first-order valence-corrected chi connectivity index (χ1v) is 19.6. The zero-order chi connectivity index (χ0) is 44.7. The molecule has 2 aliphatic rings. The van der Waals surface area contributed by atoms with E-state index in [4.69, 9.17) is 18.9 Å². The maximum atomic E-state index is 17.2. The van der Waals surface area contributed by atoms with Gasteiger partial charge in [0, 0.05) is 37.9 Å². The molecule has 0 N–H and O–H groups in total. The summed E-state index contributed by atoms with van der Waals surface area (Å²) in [6.07, 6.45) is -8.14. The van der Waals surface area contributed by atoms with Crippen molar-refractivity contribution in [3.63, 3.8) is 0 Å². The number of methoxy groups -OCH3 is 2. The van der Waals surface area contributed by atoms with Gasteiger partial charge < -0.3 is 28.7 Å². The van der Waals surface area contributed by atoms with Gasteiger partial charge in [-0.15, -0.1) is 0 Å². The molecule has 0 spiro atoms. The van der Waals surface area contributed by atoms with Crippen molar-refractivity contribution in [2.45, 2.75) is 83.7 Å².